The average Bonchev–Trinajstić information content (AvgIpc) is 2.92. The summed E-state index contributed by atoms with van der Waals surface area (Å²) in [5.74, 6) is 0.228. The van der Waals surface area contributed by atoms with E-state index in [0.717, 1.165) is 6.54 Å². The summed E-state index contributed by atoms with van der Waals surface area (Å²) in [7, 11) is 0. The van der Waals surface area contributed by atoms with Crippen LogP contribution in [0.5, 0.6) is 11.5 Å². The maximum atomic E-state index is 10.8. The van der Waals surface area contributed by atoms with Crippen LogP contribution in [0.3, 0.4) is 0 Å². The number of carbonyl (C=O) groups is 1. The molecule has 0 fully saturated rings. The molecule has 0 aliphatic carbocycles. The molecule has 106 valence electrons. The number of aromatic carboxylic acids is 1. The first kappa shape index (κ1) is 13.9. The van der Waals surface area contributed by atoms with Gasteiger partial charge in [0.2, 0.25) is 0 Å². The molecule has 0 spiro atoms. The Labute approximate surface area is 116 Å². The number of aromatic nitrogens is 2. The maximum absolute atomic E-state index is 10.8. The Balaban J connectivity index is 1.78. The van der Waals surface area contributed by atoms with E-state index in [0.29, 0.717) is 24.7 Å². The van der Waals surface area contributed by atoms with E-state index in [-0.39, 0.29) is 5.56 Å². The van der Waals surface area contributed by atoms with E-state index in [2.05, 4.69) is 5.10 Å². The fourth-order valence-corrected chi connectivity index (χ4v) is 1.63. The number of ether oxygens (including phenoxy) is 2. The number of carboxylic acid groups (broad SMARTS) is 1. The van der Waals surface area contributed by atoms with Gasteiger partial charge >= 0.3 is 5.97 Å². The first-order valence-electron chi connectivity index (χ1n) is 6.30. The molecule has 1 aromatic carbocycles. The highest BCUT2D eigenvalue weighted by atomic mass is 16.5. The monoisotopic (exact) mass is 276 g/mol. The molecule has 1 N–H and O–H groups in total. The van der Waals surface area contributed by atoms with Gasteiger partial charge in [-0.05, 0) is 25.1 Å². The smallest absolute Gasteiger partial charge is 0.335 e. The van der Waals surface area contributed by atoms with Crippen LogP contribution < -0.4 is 9.47 Å². The van der Waals surface area contributed by atoms with Gasteiger partial charge < -0.3 is 14.6 Å². The number of hydrogen-bond donors (Lipinski definition) is 1. The summed E-state index contributed by atoms with van der Waals surface area (Å²) >= 11 is 0. The SMILES string of the molecule is CCn1cc(OCCOc2cccc(C(=O)O)c2)cn1. The van der Waals surface area contributed by atoms with Crippen LogP contribution in [-0.2, 0) is 6.54 Å². The molecule has 0 aliphatic rings. The zero-order valence-corrected chi connectivity index (χ0v) is 11.2. The van der Waals surface area contributed by atoms with Gasteiger partial charge in [-0.1, -0.05) is 6.07 Å². The molecule has 0 atom stereocenters. The van der Waals surface area contributed by atoms with E-state index in [1.54, 1.807) is 23.0 Å². The molecule has 6 heteroatoms. The molecule has 0 radical (unpaired) electrons. The van der Waals surface area contributed by atoms with Gasteiger partial charge in [-0.25, -0.2) is 4.79 Å². The lowest BCUT2D eigenvalue weighted by molar-refractivity contribution is 0.0696. The number of aryl methyl sites for hydroxylation is 1. The quantitative estimate of drug-likeness (QED) is 0.783. The van der Waals surface area contributed by atoms with E-state index in [9.17, 15) is 4.79 Å². The second-order valence-corrected chi connectivity index (χ2v) is 4.06. The predicted molar refractivity (Wildman–Crippen MR) is 72.3 cm³/mol. The molecule has 20 heavy (non-hydrogen) atoms. The standard InChI is InChI=1S/C14H16N2O4/c1-2-16-10-13(9-15-16)20-7-6-19-12-5-3-4-11(8-12)14(17)18/h3-5,8-10H,2,6-7H2,1H3,(H,17,18). The van der Waals surface area contributed by atoms with Gasteiger partial charge in [0.05, 0.1) is 18.0 Å². The first-order valence-corrected chi connectivity index (χ1v) is 6.30. The normalized spacial score (nSPS) is 10.2. The van der Waals surface area contributed by atoms with Crippen molar-refractivity contribution in [3.8, 4) is 11.5 Å². The molecule has 0 bridgehead atoms. The van der Waals surface area contributed by atoms with Crippen LogP contribution in [0, 0.1) is 0 Å². The average molecular weight is 276 g/mol. The molecular weight excluding hydrogens is 260 g/mol. The topological polar surface area (TPSA) is 73.6 Å². The van der Waals surface area contributed by atoms with Gasteiger partial charge in [-0.2, -0.15) is 5.10 Å². The Bertz CT molecular complexity index is 580. The van der Waals surface area contributed by atoms with Gasteiger partial charge in [-0.3, -0.25) is 4.68 Å². The highest BCUT2D eigenvalue weighted by Crippen LogP contribution is 2.13. The predicted octanol–water partition coefficient (Wildman–Crippen LogP) is 2.06. The minimum absolute atomic E-state index is 0.202. The van der Waals surface area contributed by atoms with Crippen molar-refractivity contribution in [2.24, 2.45) is 0 Å². The summed E-state index contributed by atoms with van der Waals surface area (Å²) in [5.41, 5.74) is 0.202. The molecular formula is C14H16N2O4. The van der Waals surface area contributed by atoms with Crippen LogP contribution in [0.1, 0.15) is 17.3 Å². The van der Waals surface area contributed by atoms with Crippen LogP contribution in [0.25, 0.3) is 0 Å². The zero-order valence-electron chi connectivity index (χ0n) is 11.2. The zero-order chi connectivity index (χ0) is 14.4. The molecule has 0 unspecified atom stereocenters. The highest BCUT2D eigenvalue weighted by Gasteiger charge is 2.04. The van der Waals surface area contributed by atoms with Crippen LogP contribution in [0.15, 0.2) is 36.7 Å². The van der Waals surface area contributed by atoms with Gasteiger partial charge in [-0.15, -0.1) is 0 Å². The molecule has 0 amide bonds. The van der Waals surface area contributed by atoms with E-state index < -0.39 is 5.97 Å². The van der Waals surface area contributed by atoms with Crippen molar-refractivity contribution >= 4 is 5.97 Å². The minimum Gasteiger partial charge on any atom is -0.490 e. The Morgan fingerprint density at radius 3 is 2.70 bits per heavy atom. The minimum atomic E-state index is -0.973. The number of rotatable bonds is 7. The van der Waals surface area contributed by atoms with Gasteiger partial charge in [0.15, 0.2) is 5.75 Å². The van der Waals surface area contributed by atoms with Crippen LogP contribution in [0.4, 0.5) is 0 Å². The molecule has 0 saturated heterocycles. The molecule has 2 rings (SSSR count). The van der Waals surface area contributed by atoms with Gasteiger partial charge in [0.25, 0.3) is 0 Å². The molecule has 1 heterocycles. The molecule has 6 nitrogen and oxygen atoms in total. The van der Waals surface area contributed by atoms with E-state index in [1.807, 2.05) is 13.1 Å². The Kier molecular flexibility index (Phi) is 4.60. The highest BCUT2D eigenvalue weighted by molar-refractivity contribution is 5.87. The second kappa shape index (κ2) is 6.60. The molecule has 1 aromatic heterocycles. The van der Waals surface area contributed by atoms with Crippen molar-refractivity contribution in [3.63, 3.8) is 0 Å². The van der Waals surface area contributed by atoms with Crippen LogP contribution >= 0.6 is 0 Å². The summed E-state index contributed by atoms with van der Waals surface area (Å²) in [4.78, 5) is 10.8. The van der Waals surface area contributed by atoms with Crippen molar-refractivity contribution in [1.82, 2.24) is 9.78 Å². The summed E-state index contributed by atoms with van der Waals surface area (Å²) < 4.78 is 12.7. The largest absolute Gasteiger partial charge is 0.490 e. The number of nitrogens with zero attached hydrogens (tertiary/aromatic N) is 2. The van der Waals surface area contributed by atoms with E-state index >= 15 is 0 Å². The second-order valence-electron chi connectivity index (χ2n) is 4.06. The number of benzene rings is 1. The lowest BCUT2D eigenvalue weighted by atomic mass is 10.2. The lowest BCUT2D eigenvalue weighted by Gasteiger charge is -2.07. The molecule has 2 aromatic rings. The summed E-state index contributed by atoms with van der Waals surface area (Å²) in [6.07, 6.45) is 3.46. The number of carboxylic acids is 1. The van der Waals surface area contributed by atoms with Crippen molar-refractivity contribution in [1.29, 1.82) is 0 Å². The Hall–Kier alpha value is -2.50. The summed E-state index contributed by atoms with van der Waals surface area (Å²) in [6, 6.07) is 6.36. The van der Waals surface area contributed by atoms with Crippen molar-refractivity contribution in [3.05, 3.63) is 42.2 Å². The van der Waals surface area contributed by atoms with Gasteiger partial charge in [0.1, 0.15) is 19.0 Å². The summed E-state index contributed by atoms with van der Waals surface area (Å²) in [5, 5.41) is 13.0. The number of hydrogen-bond acceptors (Lipinski definition) is 4. The van der Waals surface area contributed by atoms with Crippen LogP contribution in [-0.4, -0.2) is 34.1 Å². The van der Waals surface area contributed by atoms with Crippen molar-refractivity contribution < 1.29 is 19.4 Å². The van der Waals surface area contributed by atoms with Crippen LogP contribution in [0.2, 0.25) is 0 Å². The Morgan fingerprint density at radius 2 is 2.05 bits per heavy atom. The van der Waals surface area contributed by atoms with E-state index in [1.165, 1.54) is 12.1 Å². The molecule has 0 aliphatic heterocycles. The first-order chi connectivity index (χ1) is 9.69. The third-order valence-corrected chi connectivity index (χ3v) is 2.64. The lowest BCUT2D eigenvalue weighted by Crippen LogP contribution is -2.09. The fraction of sp³-hybridized carbons (Fsp3) is 0.286. The van der Waals surface area contributed by atoms with Crippen molar-refractivity contribution in [2.75, 3.05) is 13.2 Å². The van der Waals surface area contributed by atoms with E-state index in [4.69, 9.17) is 14.6 Å². The van der Waals surface area contributed by atoms with Crippen molar-refractivity contribution in [2.45, 2.75) is 13.5 Å². The Morgan fingerprint density at radius 1 is 1.30 bits per heavy atom. The fourth-order valence-electron chi connectivity index (χ4n) is 1.63. The third kappa shape index (κ3) is 3.74. The summed E-state index contributed by atoms with van der Waals surface area (Å²) in [6.45, 7) is 3.49. The van der Waals surface area contributed by atoms with Gasteiger partial charge in [0, 0.05) is 6.54 Å². The molecule has 0 saturated carbocycles. The third-order valence-electron chi connectivity index (χ3n) is 2.64. The maximum Gasteiger partial charge on any atom is 0.335 e.